The maximum atomic E-state index is 13.1. The zero-order valence-corrected chi connectivity index (χ0v) is 22.7. The van der Waals surface area contributed by atoms with E-state index in [9.17, 15) is 13.2 Å². The highest BCUT2D eigenvalue weighted by Crippen LogP contribution is 2.30. The molecule has 1 aromatic carbocycles. The average molecular weight is 522 g/mol. The standard InChI is InChI=1S/C24H35N5O3S.CH4S/c1-27(23-4-3-21(15-22(23)25)33(2,31)32)20-8-13-29(14-9-20)24(30)19-6-11-28(12-7-19)17-18-5-10-26-16-18;1-2/h3-5,10,15-16,19-20,26H,6-9,11-14,17,25H2,1-2H3;2H,1H3. The van der Waals surface area contributed by atoms with E-state index in [4.69, 9.17) is 5.73 Å². The number of amides is 1. The lowest BCUT2D eigenvalue weighted by atomic mass is 9.93. The second kappa shape index (κ2) is 12.2. The molecule has 1 aromatic heterocycles. The number of piperidine rings is 2. The highest BCUT2D eigenvalue weighted by molar-refractivity contribution is 7.90. The normalized spacial score (nSPS) is 18.1. The van der Waals surface area contributed by atoms with Gasteiger partial charge in [0.25, 0.3) is 0 Å². The van der Waals surface area contributed by atoms with E-state index in [1.54, 1.807) is 18.4 Å². The molecule has 2 aromatic rings. The topological polar surface area (TPSA) is 103 Å². The minimum Gasteiger partial charge on any atom is -0.397 e. The molecule has 2 fully saturated rings. The van der Waals surface area contributed by atoms with Crippen molar-refractivity contribution in [2.45, 2.75) is 43.2 Å². The van der Waals surface area contributed by atoms with Gasteiger partial charge in [-0.05, 0) is 74.9 Å². The first-order chi connectivity index (χ1) is 16.7. The van der Waals surface area contributed by atoms with Gasteiger partial charge < -0.3 is 20.5 Å². The number of thiol groups is 1. The van der Waals surface area contributed by atoms with Crippen LogP contribution in [0.25, 0.3) is 0 Å². The van der Waals surface area contributed by atoms with E-state index >= 15 is 0 Å². The van der Waals surface area contributed by atoms with E-state index in [1.807, 2.05) is 24.3 Å². The Morgan fingerprint density at radius 3 is 2.31 bits per heavy atom. The molecule has 194 valence electrons. The largest absolute Gasteiger partial charge is 0.397 e. The Kier molecular flexibility index (Phi) is 9.54. The van der Waals surface area contributed by atoms with Crippen molar-refractivity contribution >= 4 is 39.7 Å². The van der Waals surface area contributed by atoms with Gasteiger partial charge in [0.1, 0.15) is 0 Å². The van der Waals surface area contributed by atoms with Crippen LogP contribution in [0.2, 0.25) is 0 Å². The predicted molar refractivity (Wildman–Crippen MR) is 146 cm³/mol. The number of benzene rings is 1. The zero-order chi connectivity index (χ0) is 25.6. The quantitative estimate of drug-likeness (QED) is 0.399. The number of nitrogens with one attached hydrogen (secondary N) is 1. The van der Waals surface area contributed by atoms with E-state index in [1.165, 1.54) is 17.9 Å². The van der Waals surface area contributed by atoms with Crippen LogP contribution >= 0.6 is 12.6 Å². The molecular weight excluding hydrogens is 482 g/mol. The number of rotatable bonds is 6. The third-order valence-corrected chi connectivity index (χ3v) is 8.25. The summed E-state index contributed by atoms with van der Waals surface area (Å²) in [6.07, 6.45) is 10.5. The van der Waals surface area contributed by atoms with Gasteiger partial charge in [-0.2, -0.15) is 12.6 Å². The van der Waals surface area contributed by atoms with Crippen molar-refractivity contribution < 1.29 is 13.2 Å². The van der Waals surface area contributed by atoms with Crippen LogP contribution in [0.5, 0.6) is 0 Å². The Balaban J connectivity index is 0.00000167. The fourth-order valence-corrected chi connectivity index (χ4v) is 5.72. The fourth-order valence-electron chi connectivity index (χ4n) is 5.07. The summed E-state index contributed by atoms with van der Waals surface area (Å²) < 4.78 is 23.6. The predicted octanol–water partition coefficient (Wildman–Crippen LogP) is 2.89. The van der Waals surface area contributed by atoms with Crippen LogP contribution in [0.3, 0.4) is 0 Å². The van der Waals surface area contributed by atoms with Crippen LogP contribution in [0.1, 0.15) is 31.2 Å². The van der Waals surface area contributed by atoms with Gasteiger partial charge in [-0.15, -0.1) is 0 Å². The van der Waals surface area contributed by atoms with Crippen LogP contribution in [0.4, 0.5) is 11.4 Å². The van der Waals surface area contributed by atoms with Crippen molar-refractivity contribution in [3.8, 4) is 0 Å². The monoisotopic (exact) mass is 521 g/mol. The molecule has 0 unspecified atom stereocenters. The summed E-state index contributed by atoms with van der Waals surface area (Å²) in [5, 5.41) is 0. The van der Waals surface area contributed by atoms with E-state index in [0.717, 1.165) is 64.1 Å². The lowest BCUT2D eigenvalue weighted by Crippen LogP contribution is -2.49. The van der Waals surface area contributed by atoms with Crippen molar-refractivity contribution in [3.63, 3.8) is 0 Å². The third kappa shape index (κ3) is 6.95. The first-order valence-electron chi connectivity index (χ1n) is 12.1. The summed E-state index contributed by atoms with van der Waals surface area (Å²) in [6.45, 7) is 4.36. The number of carbonyl (C=O) groups is 1. The number of nitrogens with zero attached hydrogens (tertiary/aromatic N) is 3. The highest BCUT2D eigenvalue weighted by Gasteiger charge is 2.32. The van der Waals surface area contributed by atoms with Gasteiger partial charge in [0, 0.05) is 57.3 Å². The molecule has 2 aliphatic heterocycles. The van der Waals surface area contributed by atoms with Crippen molar-refractivity contribution in [2.24, 2.45) is 5.92 Å². The van der Waals surface area contributed by atoms with E-state index in [2.05, 4.69) is 33.5 Å². The Hall–Kier alpha value is -2.17. The Bertz CT molecular complexity index is 1060. The molecule has 35 heavy (non-hydrogen) atoms. The lowest BCUT2D eigenvalue weighted by Gasteiger charge is -2.40. The highest BCUT2D eigenvalue weighted by atomic mass is 32.2. The minimum atomic E-state index is -3.28. The van der Waals surface area contributed by atoms with E-state index in [-0.39, 0.29) is 16.9 Å². The van der Waals surface area contributed by atoms with Crippen LogP contribution in [-0.2, 0) is 21.2 Å². The number of carbonyl (C=O) groups excluding carboxylic acids is 1. The SMILES string of the molecule is CN(c1ccc(S(C)(=O)=O)cc1N)C1CCN(C(=O)C2CCN(Cc3cc[nH]c3)CC2)CC1.CS. The van der Waals surface area contributed by atoms with Crippen molar-refractivity contribution in [1.29, 1.82) is 0 Å². The molecule has 2 saturated heterocycles. The van der Waals surface area contributed by atoms with Crippen LogP contribution in [0, 0.1) is 5.92 Å². The van der Waals surface area contributed by atoms with E-state index < -0.39 is 9.84 Å². The number of nitrogen functional groups attached to an aromatic ring is 1. The van der Waals surface area contributed by atoms with Gasteiger partial charge in [0.05, 0.1) is 16.3 Å². The minimum absolute atomic E-state index is 0.126. The molecule has 4 rings (SSSR count). The number of hydrogen-bond acceptors (Lipinski definition) is 7. The van der Waals surface area contributed by atoms with Gasteiger partial charge in [-0.1, -0.05) is 0 Å². The van der Waals surface area contributed by atoms with Gasteiger partial charge in [-0.25, -0.2) is 8.42 Å². The first-order valence-corrected chi connectivity index (χ1v) is 14.9. The van der Waals surface area contributed by atoms with Gasteiger partial charge in [0.15, 0.2) is 9.84 Å². The smallest absolute Gasteiger partial charge is 0.225 e. The molecular formula is C25H39N5O3S2. The molecule has 3 N–H and O–H groups in total. The van der Waals surface area contributed by atoms with Crippen LogP contribution in [0.15, 0.2) is 41.6 Å². The fraction of sp³-hybridized carbons (Fsp3) is 0.560. The van der Waals surface area contributed by atoms with Crippen molar-refractivity contribution in [1.82, 2.24) is 14.8 Å². The molecule has 0 radical (unpaired) electrons. The number of anilines is 2. The molecule has 0 atom stereocenters. The molecule has 0 bridgehead atoms. The van der Waals surface area contributed by atoms with E-state index in [0.29, 0.717) is 11.6 Å². The van der Waals surface area contributed by atoms with Gasteiger partial charge >= 0.3 is 0 Å². The summed E-state index contributed by atoms with van der Waals surface area (Å²) in [6, 6.07) is 7.29. The Morgan fingerprint density at radius 2 is 1.77 bits per heavy atom. The first kappa shape index (κ1) is 27.4. The van der Waals surface area contributed by atoms with Gasteiger partial charge in [-0.3, -0.25) is 9.69 Å². The van der Waals surface area contributed by atoms with Crippen molar-refractivity contribution in [2.75, 3.05) is 56.4 Å². The van der Waals surface area contributed by atoms with Crippen LogP contribution < -0.4 is 10.6 Å². The second-order valence-electron chi connectivity index (χ2n) is 9.43. The summed E-state index contributed by atoms with van der Waals surface area (Å²) >= 11 is 3.53. The molecule has 8 nitrogen and oxygen atoms in total. The second-order valence-corrected chi connectivity index (χ2v) is 11.4. The third-order valence-electron chi connectivity index (χ3n) is 7.14. The lowest BCUT2D eigenvalue weighted by molar-refractivity contribution is -0.138. The number of aromatic nitrogens is 1. The van der Waals surface area contributed by atoms with Crippen LogP contribution in [-0.4, -0.2) is 80.9 Å². The maximum Gasteiger partial charge on any atom is 0.225 e. The number of sulfone groups is 1. The molecule has 0 aliphatic carbocycles. The molecule has 10 heteroatoms. The van der Waals surface area contributed by atoms with Gasteiger partial charge in [0.2, 0.25) is 5.91 Å². The van der Waals surface area contributed by atoms with Crippen molar-refractivity contribution in [3.05, 3.63) is 42.2 Å². The molecule has 1 amide bonds. The summed E-state index contributed by atoms with van der Waals surface area (Å²) in [4.78, 5) is 23.0. The molecule has 3 heterocycles. The molecule has 0 saturated carbocycles. The summed E-state index contributed by atoms with van der Waals surface area (Å²) in [5.41, 5.74) is 8.76. The molecule has 0 spiro atoms. The summed E-state index contributed by atoms with van der Waals surface area (Å²) in [7, 11) is -1.29. The number of hydrogen-bond donors (Lipinski definition) is 3. The molecule has 2 aliphatic rings. The Morgan fingerprint density at radius 1 is 1.11 bits per heavy atom. The number of H-pyrrole nitrogens is 1. The average Bonchev–Trinajstić information content (AvgIpc) is 3.37. The Labute approximate surface area is 215 Å². The zero-order valence-electron chi connectivity index (χ0n) is 21.0. The number of aromatic amines is 1. The number of nitrogens with two attached hydrogens (primary N) is 1. The number of likely N-dealkylation sites (tertiary alicyclic amines) is 2. The summed E-state index contributed by atoms with van der Waals surface area (Å²) in [5.74, 6) is 0.426. The maximum absolute atomic E-state index is 13.1.